The summed E-state index contributed by atoms with van der Waals surface area (Å²) in [6.45, 7) is 10.1. The molecule has 0 saturated carbocycles. The number of nitrogens with one attached hydrogen (secondary N) is 1. The summed E-state index contributed by atoms with van der Waals surface area (Å²) in [7, 11) is 0. The van der Waals surface area contributed by atoms with Gasteiger partial charge in [0.25, 0.3) is 0 Å². The average molecular weight is 212 g/mol. The molecule has 88 valence electrons. The van der Waals surface area contributed by atoms with Gasteiger partial charge in [-0.25, -0.2) is 0 Å². The second kappa shape index (κ2) is 4.97. The lowest BCUT2D eigenvalue weighted by molar-refractivity contribution is -0.132. The number of carbonyl (C=O) groups is 1. The molecule has 1 aliphatic rings. The minimum absolute atomic E-state index is 0.272. The number of nitrogens with zero attached hydrogens (tertiary/aromatic N) is 1. The number of carbonyl (C=O) groups excluding carboxylic acids is 1. The van der Waals surface area contributed by atoms with E-state index in [-0.39, 0.29) is 11.4 Å². The van der Waals surface area contributed by atoms with Gasteiger partial charge in [-0.05, 0) is 32.1 Å². The summed E-state index contributed by atoms with van der Waals surface area (Å²) < 4.78 is 0. The largest absolute Gasteiger partial charge is 0.328 e. The topological polar surface area (TPSA) is 32.3 Å². The van der Waals surface area contributed by atoms with E-state index >= 15 is 0 Å². The molecule has 0 spiro atoms. The molecule has 0 aromatic heterocycles. The molecule has 3 heteroatoms. The van der Waals surface area contributed by atoms with Gasteiger partial charge in [0.15, 0.2) is 0 Å². The quantitative estimate of drug-likeness (QED) is 0.756. The zero-order valence-electron chi connectivity index (χ0n) is 10.5. The Bertz CT molecular complexity index is 228. The molecule has 0 bridgehead atoms. The van der Waals surface area contributed by atoms with Crippen molar-refractivity contribution in [2.45, 2.75) is 52.5 Å². The lowest BCUT2D eigenvalue weighted by Gasteiger charge is -2.21. The Labute approximate surface area is 93.2 Å². The lowest BCUT2D eigenvalue weighted by atomic mass is 9.99. The molecule has 1 unspecified atom stereocenters. The van der Waals surface area contributed by atoms with Crippen molar-refractivity contribution in [2.24, 2.45) is 5.92 Å². The number of amides is 1. The van der Waals surface area contributed by atoms with Crippen molar-refractivity contribution in [2.75, 3.05) is 13.2 Å². The van der Waals surface area contributed by atoms with Crippen LogP contribution in [0.3, 0.4) is 0 Å². The van der Waals surface area contributed by atoms with Gasteiger partial charge in [0.05, 0.1) is 12.2 Å². The third-order valence-electron chi connectivity index (χ3n) is 3.34. The van der Waals surface area contributed by atoms with E-state index in [1.165, 1.54) is 6.42 Å². The second-order valence-corrected chi connectivity index (χ2v) is 5.13. The van der Waals surface area contributed by atoms with Crippen LogP contribution in [0.1, 0.15) is 47.0 Å². The van der Waals surface area contributed by atoms with Crippen molar-refractivity contribution >= 4 is 5.91 Å². The molecule has 0 aromatic carbocycles. The molecule has 1 saturated heterocycles. The van der Waals surface area contributed by atoms with E-state index in [9.17, 15) is 4.79 Å². The van der Waals surface area contributed by atoms with E-state index in [4.69, 9.17) is 0 Å². The van der Waals surface area contributed by atoms with Gasteiger partial charge in [-0.1, -0.05) is 20.8 Å². The molecule has 1 rings (SSSR count). The van der Waals surface area contributed by atoms with E-state index in [0.29, 0.717) is 0 Å². The van der Waals surface area contributed by atoms with Crippen LogP contribution in [0.4, 0.5) is 0 Å². The molecular weight excluding hydrogens is 188 g/mol. The van der Waals surface area contributed by atoms with Crippen molar-refractivity contribution in [3.8, 4) is 0 Å². The van der Waals surface area contributed by atoms with Crippen LogP contribution in [0.2, 0.25) is 0 Å². The Kier molecular flexibility index (Phi) is 4.14. The van der Waals surface area contributed by atoms with Gasteiger partial charge in [-0.3, -0.25) is 10.1 Å². The highest BCUT2D eigenvalue weighted by Gasteiger charge is 2.40. The third kappa shape index (κ3) is 2.94. The minimum atomic E-state index is -0.308. The summed E-state index contributed by atoms with van der Waals surface area (Å²) in [5.74, 6) is 1.00. The molecule has 1 heterocycles. The summed E-state index contributed by atoms with van der Waals surface area (Å²) in [5.41, 5.74) is -0.308. The molecule has 1 atom stereocenters. The first-order valence-electron chi connectivity index (χ1n) is 6.04. The molecule has 0 aliphatic carbocycles. The Morgan fingerprint density at radius 1 is 1.53 bits per heavy atom. The van der Waals surface area contributed by atoms with Gasteiger partial charge < -0.3 is 4.90 Å². The Hall–Kier alpha value is -0.570. The van der Waals surface area contributed by atoms with Crippen LogP contribution < -0.4 is 5.32 Å². The van der Waals surface area contributed by atoms with Crippen molar-refractivity contribution < 1.29 is 4.79 Å². The molecule has 1 N–H and O–H groups in total. The van der Waals surface area contributed by atoms with E-state index in [0.717, 1.165) is 32.0 Å². The van der Waals surface area contributed by atoms with E-state index in [2.05, 4.69) is 26.1 Å². The summed E-state index contributed by atoms with van der Waals surface area (Å²) in [5, 5.41) is 3.30. The first-order valence-corrected chi connectivity index (χ1v) is 6.04. The first kappa shape index (κ1) is 12.5. The molecule has 3 nitrogen and oxygen atoms in total. The van der Waals surface area contributed by atoms with Crippen LogP contribution in [0, 0.1) is 5.92 Å². The fourth-order valence-corrected chi connectivity index (χ4v) is 1.91. The maximum Gasteiger partial charge on any atom is 0.243 e. The monoisotopic (exact) mass is 212 g/mol. The maximum atomic E-state index is 12.0. The highest BCUT2D eigenvalue weighted by atomic mass is 16.2. The van der Waals surface area contributed by atoms with Crippen LogP contribution >= 0.6 is 0 Å². The Balaban J connectivity index is 2.37. The molecular formula is C12H24N2O. The highest BCUT2D eigenvalue weighted by molar-refractivity contribution is 5.87. The summed E-state index contributed by atoms with van der Waals surface area (Å²) in [6.07, 6.45) is 3.18. The van der Waals surface area contributed by atoms with Gasteiger partial charge in [0, 0.05) is 6.54 Å². The molecule has 0 radical (unpaired) electrons. The standard InChI is InChI=1S/C12H24N2O/c1-5-12(4)11(15)14(9-13-12)8-6-7-10(2)3/h10,13H,5-9H2,1-4H3. The van der Waals surface area contributed by atoms with E-state index < -0.39 is 0 Å². The van der Waals surface area contributed by atoms with Gasteiger partial charge in [-0.15, -0.1) is 0 Å². The molecule has 0 aromatic rings. The van der Waals surface area contributed by atoms with Crippen LogP contribution in [-0.2, 0) is 4.79 Å². The average Bonchev–Trinajstić information content (AvgIpc) is 2.46. The van der Waals surface area contributed by atoms with Gasteiger partial charge in [-0.2, -0.15) is 0 Å². The summed E-state index contributed by atoms with van der Waals surface area (Å²) in [6, 6.07) is 0. The van der Waals surface area contributed by atoms with Crippen molar-refractivity contribution in [1.29, 1.82) is 0 Å². The highest BCUT2D eigenvalue weighted by Crippen LogP contribution is 2.19. The van der Waals surface area contributed by atoms with E-state index in [1.54, 1.807) is 0 Å². The Morgan fingerprint density at radius 3 is 2.67 bits per heavy atom. The third-order valence-corrected chi connectivity index (χ3v) is 3.34. The predicted molar refractivity (Wildman–Crippen MR) is 62.5 cm³/mol. The smallest absolute Gasteiger partial charge is 0.243 e. The van der Waals surface area contributed by atoms with Crippen molar-refractivity contribution in [3.05, 3.63) is 0 Å². The number of rotatable bonds is 5. The SMILES string of the molecule is CCC1(C)NCN(CCCC(C)C)C1=O. The van der Waals surface area contributed by atoms with Gasteiger partial charge in [0.1, 0.15) is 0 Å². The molecule has 1 amide bonds. The minimum Gasteiger partial charge on any atom is -0.328 e. The number of hydrogen-bond donors (Lipinski definition) is 1. The zero-order chi connectivity index (χ0) is 11.5. The normalized spacial score (nSPS) is 26.7. The van der Waals surface area contributed by atoms with E-state index in [1.807, 2.05) is 11.8 Å². The van der Waals surface area contributed by atoms with Crippen LogP contribution in [0.15, 0.2) is 0 Å². The fourth-order valence-electron chi connectivity index (χ4n) is 1.91. The van der Waals surface area contributed by atoms with Crippen molar-refractivity contribution in [3.63, 3.8) is 0 Å². The first-order chi connectivity index (χ1) is 6.99. The molecule has 1 aliphatic heterocycles. The van der Waals surface area contributed by atoms with Crippen LogP contribution in [0.25, 0.3) is 0 Å². The molecule has 1 fully saturated rings. The summed E-state index contributed by atoms with van der Waals surface area (Å²) in [4.78, 5) is 13.9. The lowest BCUT2D eigenvalue weighted by Crippen LogP contribution is -2.43. The van der Waals surface area contributed by atoms with Gasteiger partial charge in [0.2, 0.25) is 5.91 Å². The van der Waals surface area contributed by atoms with Crippen LogP contribution in [-0.4, -0.2) is 29.6 Å². The maximum absolute atomic E-state index is 12.0. The fraction of sp³-hybridized carbons (Fsp3) is 0.917. The Morgan fingerprint density at radius 2 is 2.20 bits per heavy atom. The zero-order valence-corrected chi connectivity index (χ0v) is 10.5. The van der Waals surface area contributed by atoms with Crippen molar-refractivity contribution in [1.82, 2.24) is 10.2 Å². The molecule has 15 heavy (non-hydrogen) atoms. The second-order valence-electron chi connectivity index (χ2n) is 5.13. The summed E-state index contributed by atoms with van der Waals surface area (Å²) >= 11 is 0. The van der Waals surface area contributed by atoms with Gasteiger partial charge >= 0.3 is 0 Å². The number of hydrogen-bond acceptors (Lipinski definition) is 2. The predicted octanol–water partition coefficient (Wildman–Crippen LogP) is 1.98. The van der Waals surface area contributed by atoms with Crippen LogP contribution in [0.5, 0.6) is 0 Å².